The van der Waals surface area contributed by atoms with Crippen LogP contribution in [0.5, 0.6) is 0 Å². The summed E-state index contributed by atoms with van der Waals surface area (Å²) >= 11 is 0. The van der Waals surface area contributed by atoms with Gasteiger partial charge in [0.25, 0.3) is 7.82 Å². The molecule has 0 spiro atoms. The van der Waals surface area contributed by atoms with Gasteiger partial charge in [-0.05, 0) is 89.9 Å². The molecule has 2 N–H and O–H groups in total. The third-order valence-electron chi connectivity index (χ3n) is 14.0. The predicted molar refractivity (Wildman–Crippen MR) is 334 cm³/mol. The third-order valence-corrected chi connectivity index (χ3v) is 15.0. The molecule has 77 heavy (non-hydrogen) atoms. The molecule has 0 radical (unpaired) electrons. The molecule has 1 amide bonds. The number of aliphatic hydroxyl groups is 1. The number of phosphoric acid groups is 1. The lowest BCUT2D eigenvalue weighted by atomic mass is 10.0. The van der Waals surface area contributed by atoms with Crippen LogP contribution in [0, 0.1) is 0 Å². The van der Waals surface area contributed by atoms with Gasteiger partial charge in [-0.15, -0.1) is 0 Å². The number of unbranched alkanes of at least 4 members (excludes halogenated alkanes) is 31. The summed E-state index contributed by atoms with van der Waals surface area (Å²) in [5.74, 6) is -0.210. The van der Waals surface area contributed by atoms with Crippen molar-refractivity contribution in [2.24, 2.45) is 0 Å². The van der Waals surface area contributed by atoms with Gasteiger partial charge < -0.3 is 28.8 Å². The molecule has 0 aromatic carbocycles. The second-order valence-corrected chi connectivity index (χ2v) is 24.1. The molecule has 3 atom stereocenters. The molecule has 3 unspecified atom stereocenters. The zero-order valence-corrected chi connectivity index (χ0v) is 51.8. The van der Waals surface area contributed by atoms with Crippen molar-refractivity contribution >= 4 is 13.7 Å². The molecular weight excluding hydrogens is 972 g/mol. The molecule has 0 heterocycles. The Hall–Kier alpha value is -2.58. The van der Waals surface area contributed by atoms with Crippen LogP contribution in [0.2, 0.25) is 0 Å². The van der Waals surface area contributed by atoms with E-state index in [-0.39, 0.29) is 12.5 Å². The maximum atomic E-state index is 13.0. The van der Waals surface area contributed by atoms with Crippen molar-refractivity contribution in [3.05, 3.63) is 97.2 Å². The van der Waals surface area contributed by atoms with Crippen LogP contribution in [-0.4, -0.2) is 68.5 Å². The zero-order valence-electron chi connectivity index (χ0n) is 50.9. The van der Waals surface area contributed by atoms with Crippen molar-refractivity contribution in [2.75, 3.05) is 40.9 Å². The summed E-state index contributed by atoms with van der Waals surface area (Å²) in [7, 11) is 1.24. The van der Waals surface area contributed by atoms with Crippen molar-refractivity contribution in [1.29, 1.82) is 0 Å². The van der Waals surface area contributed by atoms with Crippen LogP contribution in [0.4, 0.5) is 0 Å². The summed E-state index contributed by atoms with van der Waals surface area (Å²) in [6, 6.07) is -0.912. The smallest absolute Gasteiger partial charge is 0.268 e. The first kappa shape index (κ1) is 74.4. The Morgan fingerprint density at radius 2 is 0.805 bits per heavy atom. The minimum Gasteiger partial charge on any atom is -0.756 e. The average Bonchev–Trinajstić information content (AvgIpc) is 3.39. The molecule has 446 valence electrons. The molecule has 0 saturated carbocycles. The summed E-state index contributed by atoms with van der Waals surface area (Å²) in [6.45, 7) is 4.50. The van der Waals surface area contributed by atoms with Gasteiger partial charge in [-0.25, -0.2) is 0 Å². The Kier molecular flexibility index (Phi) is 56.1. The number of hydrogen-bond acceptors (Lipinski definition) is 6. The van der Waals surface area contributed by atoms with Crippen LogP contribution in [0.25, 0.3) is 0 Å². The molecule has 0 aliphatic heterocycles. The summed E-state index contributed by atoms with van der Waals surface area (Å²) in [5.41, 5.74) is 0. The number of likely N-dealkylation sites (N-methyl/N-ethyl adjacent to an activating group) is 1. The number of carbonyl (C=O) groups is 1. The van der Waals surface area contributed by atoms with Gasteiger partial charge >= 0.3 is 0 Å². The van der Waals surface area contributed by atoms with Gasteiger partial charge in [0.05, 0.1) is 39.9 Å². The summed E-state index contributed by atoms with van der Waals surface area (Å²) in [4.78, 5) is 25.5. The maximum Gasteiger partial charge on any atom is 0.268 e. The van der Waals surface area contributed by atoms with E-state index in [4.69, 9.17) is 9.05 Å². The minimum atomic E-state index is -4.61. The second-order valence-electron chi connectivity index (χ2n) is 22.7. The molecular formula is C68H123N2O6P. The fourth-order valence-electron chi connectivity index (χ4n) is 9.04. The number of amides is 1. The number of carbonyl (C=O) groups excluding carboxylic acids is 1. The summed E-state index contributed by atoms with van der Waals surface area (Å²) in [5, 5.41) is 13.9. The van der Waals surface area contributed by atoms with Gasteiger partial charge in [-0.3, -0.25) is 9.36 Å². The van der Waals surface area contributed by atoms with Crippen molar-refractivity contribution in [2.45, 2.75) is 289 Å². The van der Waals surface area contributed by atoms with Crippen molar-refractivity contribution in [3.63, 3.8) is 0 Å². The molecule has 0 bridgehead atoms. The van der Waals surface area contributed by atoms with Crippen molar-refractivity contribution in [1.82, 2.24) is 5.32 Å². The topological polar surface area (TPSA) is 108 Å². The fraction of sp³-hybridized carbons (Fsp3) is 0.750. The third kappa shape index (κ3) is 60.9. The van der Waals surface area contributed by atoms with E-state index in [0.717, 1.165) is 77.0 Å². The number of hydrogen-bond donors (Lipinski definition) is 2. The standard InChI is InChI=1S/C68H123N2O6P/c1-6-8-10-12-14-16-18-20-22-24-25-26-27-28-29-30-31-32-33-34-35-36-37-38-39-40-41-42-43-44-45-46-48-50-52-54-56-58-60-62-68(72)69-66(65-76-77(73,74)75-64-63-70(3,4)5)67(71)61-59-57-55-53-51-49-47-23-21-19-17-15-13-11-9-7-2/h8,10,14,16,20-23,25-26,28-29,51,53,59,61,66-67,71H,6-7,9,11-13,15,17-19,24,27,30-50,52,54-58,60,62-65H2,1-5H3,(H-,69,72,73,74)/b10-8-,16-14-,22-20-,23-21+,26-25-,29-28-,53-51+,61-59+. The highest BCUT2D eigenvalue weighted by Crippen LogP contribution is 2.38. The highest BCUT2D eigenvalue weighted by atomic mass is 31.2. The van der Waals surface area contributed by atoms with Crippen molar-refractivity contribution in [3.8, 4) is 0 Å². The van der Waals surface area contributed by atoms with Crippen LogP contribution in [0.3, 0.4) is 0 Å². The van der Waals surface area contributed by atoms with Crippen LogP contribution >= 0.6 is 7.82 Å². The van der Waals surface area contributed by atoms with Crippen molar-refractivity contribution < 1.29 is 32.9 Å². The van der Waals surface area contributed by atoms with Crippen LogP contribution < -0.4 is 10.2 Å². The van der Waals surface area contributed by atoms with Crippen LogP contribution in [-0.2, 0) is 18.4 Å². The van der Waals surface area contributed by atoms with E-state index in [2.05, 4.69) is 104 Å². The largest absolute Gasteiger partial charge is 0.756 e. The van der Waals surface area contributed by atoms with E-state index >= 15 is 0 Å². The molecule has 0 aromatic rings. The normalized spacial score (nSPS) is 14.4. The predicted octanol–water partition coefficient (Wildman–Crippen LogP) is 19.5. The van der Waals surface area contributed by atoms with Gasteiger partial charge in [0.1, 0.15) is 13.2 Å². The Labute approximate surface area is 477 Å². The van der Waals surface area contributed by atoms with Gasteiger partial charge in [0.2, 0.25) is 5.91 Å². The average molecular weight is 1100 g/mol. The molecule has 0 aliphatic rings. The first-order chi connectivity index (χ1) is 37.5. The van der Waals surface area contributed by atoms with E-state index in [1.54, 1.807) is 6.08 Å². The lowest BCUT2D eigenvalue weighted by molar-refractivity contribution is -0.870. The molecule has 0 aromatic heterocycles. The number of quaternary nitrogens is 1. The highest BCUT2D eigenvalue weighted by Gasteiger charge is 2.23. The first-order valence-corrected chi connectivity index (χ1v) is 33.6. The van der Waals surface area contributed by atoms with Gasteiger partial charge in [0.15, 0.2) is 0 Å². The van der Waals surface area contributed by atoms with E-state index < -0.39 is 26.6 Å². The van der Waals surface area contributed by atoms with E-state index in [1.807, 2.05) is 27.2 Å². The minimum absolute atomic E-state index is 0.0105. The van der Waals surface area contributed by atoms with E-state index in [1.165, 1.54) is 180 Å². The van der Waals surface area contributed by atoms with Crippen LogP contribution in [0.1, 0.15) is 277 Å². The molecule has 0 rings (SSSR count). The lowest BCUT2D eigenvalue weighted by Gasteiger charge is -2.29. The Morgan fingerprint density at radius 3 is 1.21 bits per heavy atom. The van der Waals surface area contributed by atoms with Gasteiger partial charge in [0, 0.05) is 6.42 Å². The Balaban J connectivity index is 3.98. The SMILES string of the molecule is CC/C=C\C/C=C\C/C=C\C/C=C\C/C=C\CCCCCCCCCCCCCCCCCCCCCCCCCC(=O)NC(COP(=O)([O-])OCC[N+](C)(C)C)C(O)/C=C/CC/C=C/CC/C=C/CCCCCCCC. The summed E-state index contributed by atoms with van der Waals surface area (Å²) in [6.07, 6.45) is 83.8. The summed E-state index contributed by atoms with van der Waals surface area (Å²) < 4.78 is 23.3. The number of allylic oxidation sites excluding steroid dienone is 15. The fourth-order valence-corrected chi connectivity index (χ4v) is 9.76. The van der Waals surface area contributed by atoms with Gasteiger partial charge in [-0.1, -0.05) is 278 Å². The molecule has 0 fully saturated rings. The number of rotatable bonds is 58. The number of aliphatic hydroxyl groups excluding tert-OH is 1. The second kappa shape index (κ2) is 58.1. The quantitative estimate of drug-likeness (QED) is 0.0272. The number of nitrogens with zero attached hydrogens (tertiary/aromatic N) is 1. The maximum absolute atomic E-state index is 13.0. The van der Waals surface area contributed by atoms with Gasteiger partial charge in [-0.2, -0.15) is 0 Å². The lowest BCUT2D eigenvalue weighted by Crippen LogP contribution is -2.45. The molecule has 9 heteroatoms. The first-order valence-electron chi connectivity index (χ1n) is 32.1. The zero-order chi connectivity index (χ0) is 56.3. The molecule has 8 nitrogen and oxygen atoms in total. The number of nitrogens with one attached hydrogen (secondary N) is 1. The highest BCUT2D eigenvalue weighted by molar-refractivity contribution is 7.45. The van der Waals surface area contributed by atoms with E-state index in [0.29, 0.717) is 17.4 Å². The molecule has 0 saturated heterocycles. The molecule has 0 aliphatic carbocycles. The Bertz CT molecular complexity index is 1570. The van der Waals surface area contributed by atoms with Crippen LogP contribution in [0.15, 0.2) is 97.2 Å². The Morgan fingerprint density at radius 1 is 0.468 bits per heavy atom. The van der Waals surface area contributed by atoms with E-state index in [9.17, 15) is 19.4 Å². The number of phosphoric ester groups is 1. The monoisotopic (exact) mass is 1090 g/mol.